The summed E-state index contributed by atoms with van der Waals surface area (Å²) in [6.07, 6.45) is 0.773. The molecule has 0 unspecified atom stereocenters. The molecule has 2 N–H and O–H groups in total. The molecule has 132 valence electrons. The molecule has 1 aromatic rings. The topological polar surface area (TPSA) is 105 Å². The maximum Gasteiger partial charge on any atom is 0.262 e. The van der Waals surface area contributed by atoms with Crippen LogP contribution in [0.15, 0.2) is 17.0 Å². The quantitative estimate of drug-likeness (QED) is 0.772. The summed E-state index contributed by atoms with van der Waals surface area (Å²) >= 11 is 0. The van der Waals surface area contributed by atoms with Crippen LogP contribution in [-0.4, -0.2) is 51.3 Å². The van der Waals surface area contributed by atoms with E-state index >= 15 is 0 Å². The second-order valence-electron chi connectivity index (χ2n) is 5.56. The zero-order valence-corrected chi connectivity index (χ0v) is 14.7. The lowest BCUT2D eigenvalue weighted by atomic mass is 10.2. The molecule has 1 aliphatic heterocycles. The molecule has 8 nitrogen and oxygen atoms in total. The van der Waals surface area contributed by atoms with E-state index in [1.165, 1.54) is 13.1 Å². The Bertz CT molecular complexity index is 761. The zero-order valence-electron chi connectivity index (χ0n) is 13.9. The molecule has 0 aliphatic carbocycles. The van der Waals surface area contributed by atoms with E-state index in [4.69, 9.17) is 4.74 Å². The third-order valence-corrected chi connectivity index (χ3v) is 5.48. The number of nitrogens with one attached hydrogen (secondary N) is 2. The van der Waals surface area contributed by atoms with Gasteiger partial charge in [0.1, 0.15) is 5.75 Å². The standard InChI is InChI=1S/C15H21N3O5S/c1-4-5-16-14(19)8-18(3)24(21,22)13-7-12-11(6-10(13)2)17-15(20)9-23-12/h6-7H,4-5,8-9H2,1-3H3,(H,16,19)(H,17,20). The maximum atomic E-state index is 12.7. The van der Waals surface area contributed by atoms with E-state index in [2.05, 4.69) is 10.6 Å². The Morgan fingerprint density at radius 3 is 2.79 bits per heavy atom. The molecule has 0 fully saturated rings. The van der Waals surface area contributed by atoms with E-state index in [-0.39, 0.29) is 29.9 Å². The molecule has 1 heterocycles. The van der Waals surface area contributed by atoms with Crippen LogP contribution in [0.1, 0.15) is 18.9 Å². The van der Waals surface area contributed by atoms with E-state index in [1.54, 1.807) is 13.0 Å². The van der Waals surface area contributed by atoms with E-state index < -0.39 is 10.0 Å². The minimum Gasteiger partial charge on any atom is -0.482 e. The van der Waals surface area contributed by atoms with Gasteiger partial charge in [0.05, 0.1) is 17.1 Å². The first-order chi connectivity index (χ1) is 11.3. The van der Waals surface area contributed by atoms with Crippen molar-refractivity contribution in [1.82, 2.24) is 9.62 Å². The summed E-state index contributed by atoms with van der Waals surface area (Å²) in [6, 6.07) is 2.92. The van der Waals surface area contributed by atoms with E-state index in [0.717, 1.165) is 10.7 Å². The van der Waals surface area contributed by atoms with Crippen LogP contribution < -0.4 is 15.4 Å². The molecule has 0 atom stereocenters. The van der Waals surface area contributed by atoms with Gasteiger partial charge in [-0.05, 0) is 25.0 Å². The molecular weight excluding hydrogens is 334 g/mol. The molecule has 0 spiro atoms. The molecule has 0 saturated heterocycles. The molecular formula is C15H21N3O5S. The lowest BCUT2D eigenvalue weighted by Crippen LogP contribution is -2.38. The number of hydrogen-bond donors (Lipinski definition) is 2. The average molecular weight is 355 g/mol. The predicted molar refractivity (Wildman–Crippen MR) is 88.4 cm³/mol. The summed E-state index contributed by atoms with van der Waals surface area (Å²) in [5, 5.41) is 5.27. The zero-order chi connectivity index (χ0) is 17.9. The van der Waals surface area contributed by atoms with Gasteiger partial charge < -0.3 is 15.4 Å². The number of hydrogen-bond acceptors (Lipinski definition) is 5. The summed E-state index contributed by atoms with van der Waals surface area (Å²) in [5.74, 6) is -0.355. The fourth-order valence-electron chi connectivity index (χ4n) is 2.27. The Morgan fingerprint density at radius 2 is 2.12 bits per heavy atom. The van der Waals surface area contributed by atoms with Gasteiger partial charge >= 0.3 is 0 Å². The Hall–Kier alpha value is -2.13. The molecule has 0 bridgehead atoms. The van der Waals surface area contributed by atoms with Crippen molar-refractivity contribution >= 4 is 27.5 Å². The van der Waals surface area contributed by atoms with E-state index in [9.17, 15) is 18.0 Å². The first-order valence-corrected chi connectivity index (χ1v) is 9.00. The highest BCUT2D eigenvalue weighted by Gasteiger charge is 2.27. The van der Waals surface area contributed by atoms with Crippen LogP contribution in [0, 0.1) is 6.92 Å². The summed E-state index contributed by atoms with van der Waals surface area (Å²) in [6.45, 7) is 3.61. The monoisotopic (exact) mass is 355 g/mol. The smallest absolute Gasteiger partial charge is 0.262 e. The number of fused-ring (bicyclic) bond motifs is 1. The molecule has 0 aromatic heterocycles. The number of carbonyl (C=O) groups excluding carboxylic acids is 2. The molecule has 0 radical (unpaired) electrons. The van der Waals surface area contributed by atoms with Crippen LogP contribution in [0.25, 0.3) is 0 Å². The van der Waals surface area contributed by atoms with Gasteiger partial charge in [-0.2, -0.15) is 4.31 Å². The second kappa shape index (κ2) is 7.18. The minimum absolute atomic E-state index is 0.0446. The first-order valence-electron chi connectivity index (χ1n) is 7.56. The van der Waals surface area contributed by atoms with Gasteiger partial charge in [0.15, 0.2) is 6.61 Å². The highest BCUT2D eigenvalue weighted by molar-refractivity contribution is 7.89. The third kappa shape index (κ3) is 3.85. The van der Waals surface area contributed by atoms with Gasteiger partial charge in [-0.1, -0.05) is 6.92 Å². The number of amides is 2. The Kier molecular flexibility index (Phi) is 5.45. The Balaban J connectivity index is 2.26. The molecule has 1 aliphatic rings. The van der Waals surface area contributed by atoms with Crippen molar-refractivity contribution in [3.05, 3.63) is 17.7 Å². The molecule has 0 saturated carbocycles. The number of likely N-dealkylation sites (N-methyl/N-ethyl adjacent to an activating group) is 1. The summed E-state index contributed by atoms with van der Waals surface area (Å²) < 4.78 is 31.7. The normalized spacial score (nSPS) is 13.9. The number of ether oxygens (including phenoxy) is 1. The fourth-order valence-corrected chi connectivity index (χ4v) is 3.61. The lowest BCUT2D eigenvalue weighted by molar-refractivity contribution is -0.121. The van der Waals surface area contributed by atoms with Crippen LogP contribution in [0.3, 0.4) is 0 Å². The predicted octanol–water partition coefficient (Wildman–Crippen LogP) is 0.473. The van der Waals surface area contributed by atoms with Crippen LogP contribution in [0.5, 0.6) is 5.75 Å². The van der Waals surface area contributed by atoms with Crippen molar-refractivity contribution in [2.75, 3.05) is 32.1 Å². The molecule has 1 aromatic carbocycles. The highest BCUT2D eigenvalue weighted by Crippen LogP contribution is 2.33. The number of rotatable bonds is 6. The number of sulfonamides is 1. The lowest BCUT2D eigenvalue weighted by Gasteiger charge is -2.22. The number of carbonyl (C=O) groups is 2. The summed E-state index contributed by atoms with van der Waals surface area (Å²) in [7, 11) is -2.51. The first kappa shape index (κ1) is 18.2. The number of aryl methyl sites for hydroxylation is 1. The van der Waals surface area contributed by atoms with Crippen molar-refractivity contribution in [1.29, 1.82) is 0 Å². The molecule has 2 rings (SSSR count). The van der Waals surface area contributed by atoms with Crippen molar-refractivity contribution in [3.8, 4) is 5.75 Å². The van der Waals surface area contributed by atoms with E-state index in [0.29, 0.717) is 23.5 Å². The summed E-state index contributed by atoms with van der Waals surface area (Å²) in [5.41, 5.74) is 0.895. The van der Waals surface area contributed by atoms with Crippen LogP contribution in [0.2, 0.25) is 0 Å². The number of benzene rings is 1. The van der Waals surface area contributed by atoms with E-state index in [1.807, 2.05) is 6.92 Å². The van der Waals surface area contributed by atoms with Crippen LogP contribution in [-0.2, 0) is 19.6 Å². The second-order valence-corrected chi connectivity index (χ2v) is 7.58. The van der Waals surface area contributed by atoms with Gasteiger partial charge in [0.25, 0.3) is 5.91 Å². The van der Waals surface area contributed by atoms with Crippen molar-refractivity contribution in [2.45, 2.75) is 25.2 Å². The largest absolute Gasteiger partial charge is 0.482 e. The Morgan fingerprint density at radius 1 is 1.42 bits per heavy atom. The van der Waals surface area contributed by atoms with Crippen molar-refractivity contribution < 1.29 is 22.7 Å². The SMILES string of the molecule is CCCNC(=O)CN(C)S(=O)(=O)c1cc2c(cc1C)NC(=O)CO2. The van der Waals surface area contributed by atoms with Crippen molar-refractivity contribution in [3.63, 3.8) is 0 Å². The summed E-state index contributed by atoms with van der Waals surface area (Å²) in [4.78, 5) is 23.1. The van der Waals surface area contributed by atoms with Gasteiger partial charge in [0.2, 0.25) is 15.9 Å². The molecule has 9 heteroatoms. The number of nitrogens with zero attached hydrogens (tertiary/aromatic N) is 1. The van der Waals surface area contributed by atoms with Gasteiger partial charge in [-0.3, -0.25) is 9.59 Å². The van der Waals surface area contributed by atoms with Crippen LogP contribution >= 0.6 is 0 Å². The van der Waals surface area contributed by atoms with Crippen LogP contribution in [0.4, 0.5) is 5.69 Å². The minimum atomic E-state index is -3.86. The van der Waals surface area contributed by atoms with Crippen molar-refractivity contribution in [2.24, 2.45) is 0 Å². The highest BCUT2D eigenvalue weighted by atomic mass is 32.2. The fraction of sp³-hybridized carbons (Fsp3) is 0.467. The van der Waals surface area contributed by atoms with Gasteiger partial charge in [-0.25, -0.2) is 8.42 Å². The maximum absolute atomic E-state index is 12.7. The number of anilines is 1. The Labute approximate surface area is 141 Å². The van der Waals surface area contributed by atoms with Gasteiger partial charge in [-0.15, -0.1) is 0 Å². The molecule has 24 heavy (non-hydrogen) atoms. The van der Waals surface area contributed by atoms with Gasteiger partial charge in [0, 0.05) is 19.7 Å². The average Bonchev–Trinajstić information content (AvgIpc) is 2.51. The third-order valence-electron chi connectivity index (χ3n) is 3.54. The molecule has 2 amide bonds.